The number of benzene rings is 1. The molecule has 1 aromatic carbocycles. The van der Waals surface area contributed by atoms with Crippen LogP contribution in [0.4, 0.5) is 0 Å². The molecule has 2 heterocycles. The van der Waals surface area contributed by atoms with Gasteiger partial charge >= 0.3 is 0 Å². The molecular weight excluding hydrogens is 533 g/mol. The van der Waals surface area contributed by atoms with Crippen molar-refractivity contribution in [2.75, 3.05) is 59.5 Å². The number of carbonyl (C=O) groups excluding carboxylic acids is 1. The van der Waals surface area contributed by atoms with Crippen molar-refractivity contribution in [3.63, 3.8) is 0 Å². The predicted molar refractivity (Wildman–Crippen MR) is 142 cm³/mol. The van der Waals surface area contributed by atoms with Gasteiger partial charge in [0.15, 0.2) is 17.5 Å². The van der Waals surface area contributed by atoms with Gasteiger partial charge in [-0.05, 0) is 42.9 Å². The van der Waals surface area contributed by atoms with Crippen LogP contribution in [0.15, 0.2) is 23.2 Å². The van der Waals surface area contributed by atoms with Gasteiger partial charge in [0, 0.05) is 45.8 Å². The van der Waals surface area contributed by atoms with Gasteiger partial charge in [0.2, 0.25) is 5.91 Å². The van der Waals surface area contributed by atoms with Gasteiger partial charge < -0.3 is 25.0 Å². The Bertz CT molecular complexity index is 788. The van der Waals surface area contributed by atoms with Gasteiger partial charge in [0.1, 0.15) is 0 Å². The second-order valence-corrected chi connectivity index (χ2v) is 9.18. The van der Waals surface area contributed by atoms with Gasteiger partial charge in [-0.15, -0.1) is 24.0 Å². The van der Waals surface area contributed by atoms with E-state index in [2.05, 4.69) is 40.8 Å². The zero-order valence-electron chi connectivity index (χ0n) is 20.4. The molecule has 33 heavy (non-hydrogen) atoms. The van der Waals surface area contributed by atoms with Gasteiger partial charge in [-0.2, -0.15) is 0 Å². The van der Waals surface area contributed by atoms with Crippen LogP contribution in [0.5, 0.6) is 11.5 Å². The number of phenolic OH excluding ortho intramolecular Hbond substituents is 1. The molecule has 1 aromatic rings. The van der Waals surface area contributed by atoms with Gasteiger partial charge in [0.25, 0.3) is 0 Å². The van der Waals surface area contributed by atoms with Gasteiger partial charge in [0.05, 0.1) is 20.2 Å². The number of carbonyl (C=O) groups is 1. The van der Waals surface area contributed by atoms with E-state index in [1.807, 2.05) is 6.07 Å². The summed E-state index contributed by atoms with van der Waals surface area (Å²) in [6, 6.07) is 5.36. The normalized spacial score (nSPS) is 22.0. The molecule has 0 radical (unpaired) electrons. The number of hydrogen-bond donors (Lipinski definition) is 2. The Morgan fingerprint density at radius 2 is 1.82 bits per heavy atom. The molecule has 2 unspecified atom stereocenters. The van der Waals surface area contributed by atoms with Crippen molar-refractivity contribution in [3.05, 3.63) is 23.8 Å². The lowest BCUT2D eigenvalue weighted by atomic mass is 9.92. The van der Waals surface area contributed by atoms with Crippen molar-refractivity contribution in [1.82, 2.24) is 20.0 Å². The molecule has 2 aliphatic rings. The number of ether oxygens (including phenoxy) is 1. The van der Waals surface area contributed by atoms with E-state index in [0.29, 0.717) is 30.7 Å². The van der Waals surface area contributed by atoms with Crippen LogP contribution in [0.25, 0.3) is 0 Å². The summed E-state index contributed by atoms with van der Waals surface area (Å²) in [5.74, 6) is 2.89. The number of methoxy groups -OCH3 is 1. The lowest BCUT2D eigenvalue weighted by molar-refractivity contribution is -0.135. The third-order valence-electron chi connectivity index (χ3n) is 6.24. The summed E-state index contributed by atoms with van der Waals surface area (Å²) in [7, 11) is 1.54. The van der Waals surface area contributed by atoms with Crippen LogP contribution in [0, 0.1) is 11.8 Å². The maximum Gasteiger partial charge on any atom is 0.236 e. The fourth-order valence-electron chi connectivity index (χ4n) is 4.70. The Kier molecular flexibility index (Phi) is 11.0. The molecule has 2 N–H and O–H groups in total. The van der Waals surface area contributed by atoms with Crippen molar-refractivity contribution in [3.8, 4) is 11.5 Å². The zero-order chi connectivity index (χ0) is 23.1. The van der Waals surface area contributed by atoms with Gasteiger partial charge in [-0.3, -0.25) is 9.69 Å². The summed E-state index contributed by atoms with van der Waals surface area (Å²) < 4.78 is 5.11. The molecular formula is C24H40IN5O3. The molecule has 8 nitrogen and oxygen atoms in total. The lowest BCUT2D eigenvalue weighted by Gasteiger charge is -2.39. The van der Waals surface area contributed by atoms with E-state index in [1.54, 1.807) is 12.1 Å². The molecule has 3 rings (SSSR count). The molecule has 0 aromatic heterocycles. The lowest BCUT2D eigenvalue weighted by Crippen LogP contribution is -2.55. The number of amides is 1. The van der Waals surface area contributed by atoms with Gasteiger partial charge in [-0.1, -0.05) is 19.9 Å². The summed E-state index contributed by atoms with van der Waals surface area (Å²) in [4.78, 5) is 24.1. The van der Waals surface area contributed by atoms with Crippen molar-refractivity contribution in [2.24, 2.45) is 16.8 Å². The highest BCUT2D eigenvalue weighted by molar-refractivity contribution is 14.0. The van der Waals surface area contributed by atoms with Crippen LogP contribution in [0.2, 0.25) is 0 Å². The van der Waals surface area contributed by atoms with E-state index in [4.69, 9.17) is 9.73 Å². The molecule has 0 bridgehead atoms. The summed E-state index contributed by atoms with van der Waals surface area (Å²) in [6.07, 6.45) is 1.21. The van der Waals surface area contributed by atoms with Crippen molar-refractivity contribution >= 4 is 35.8 Å². The third kappa shape index (κ3) is 7.91. The van der Waals surface area contributed by atoms with Crippen LogP contribution in [0.3, 0.4) is 0 Å². The Morgan fingerprint density at radius 3 is 2.39 bits per heavy atom. The van der Waals surface area contributed by atoms with Crippen molar-refractivity contribution in [1.29, 1.82) is 0 Å². The highest BCUT2D eigenvalue weighted by Gasteiger charge is 2.28. The van der Waals surface area contributed by atoms with E-state index in [1.165, 1.54) is 13.5 Å². The second-order valence-electron chi connectivity index (χ2n) is 9.18. The standard InChI is InChI=1S/C24H39N5O3.HI/c1-5-25-24(26-14-20-6-7-22(32-4)21(30)13-20)28-10-8-27(9-11-28)17-23(31)29-15-18(2)12-19(3)16-29;/h6-7,13,18-19,30H,5,8-12,14-17H2,1-4H3,(H,25,26);1H. The monoisotopic (exact) mass is 573 g/mol. The Labute approximate surface area is 215 Å². The molecule has 0 saturated carbocycles. The SMILES string of the molecule is CCNC(=NCc1ccc(OC)c(O)c1)N1CCN(CC(=O)N2CC(C)CC(C)C2)CC1.I. The first-order valence-electron chi connectivity index (χ1n) is 11.8. The number of likely N-dealkylation sites (tertiary alicyclic amines) is 1. The number of hydrogen-bond acceptors (Lipinski definition) is 5. The number of nitrogens with zero attached hydrogens (tertiary/aromatic N) is 4. The van der Waals surface area contributed by atoms with E-state index in [9.17, 15) is 9.90 Å². The fourth-order valence-corrected chi connectivity index (χ4v) is 4.70. The van der Waals surface area contributed by atoms with Crippen LogP contribution < -0.4 is 10.1 Å². The quantitative estimate of drug-likeness (QED) is 0.310. The summed E-state index contributed by atoms with van der Waals surface area (Å²) in [6.45, 7) is 13.4. The summed E-state index contributed by atoms with van der Waals surface area (Å²) in [5, 5.41) is 13.4. The number of halogens is 1. The number of piperidine rings is 1. The smallest absolute Gasteiger partial charge is 0.236 e. The minimum atomic E-state index is 0. The molecule has 1 amide bonds. The maximum absolute atomic E-state index is 12.8. The Hall–Kier alpha value is -1.75. The first-order chi connectivity index (χ1) is 15.4. The van der Waals surface area contributed by atoms with Crippen LogP contribution in [0.1, 0.15) is 32.8 Å². The number of aromatic hydroxyl groups is 1. The first-order valence-corrected chi connectivity index (χ1v) is 11.8. The maximum atomic E-state index is 12.8. The van der Waals surface area contributed by atoms with E-state index >= 15 is 0 Å². The average Bonchev–Trinajstić information content (AvgIpc) is 2.76. The van der Waals surface area contributed by atoms with Crippen LogP contribution in [-0.4, -0.2) is 91.1 Å². The third-order valence-corrected chi connectivity index (χ3v) is 6.24. The predicted octanol–water partition coefficient (Wildman–Crippen LogP) is 2.61. The number of aliphatic imine (C=N–C) groups is 1. The Balaban J connectivity index is 0.00000385. The molecule has 0 spiro atoms. The zero-order valence-corrected chi connectivity index (χ0v) is 22.7. The molecule has 2 fully saturated rings. The van der Waals surface area contributed by atoms with Crippen LogP contribution in [-0.2, 0) is 11.3 Å². The second kappa shape index (κ2) is 13.2. The van der Waals surface area contributed by atoms with E-state index in [-0.39, 0.29) is 35.6 Å². The highest BCUT2D eigenvalue weighted by atomic mass is 127. The number of piperazine rings is 1. The fraction of sp³-hybridized carbons (Fsp3) is 0.667. The first kappa shape index (κ1) is 27.5. The van der Waals surface area contributed by atoms with Crippen molar-refractivity contribution in [2.45, 2.75) is 33.7 Å². The van der Waals surface area contributed by atoms with Gasteiger partial charge in [-0.25, -0.2) is 4.99 Å². The minimum Gasteiger partial charge on any atom is -0.504 e. The molecule has 2 saturated heterocycles. The number of guanidine groups is 1. The number of nitrogens with one attached hydrogen (secondary N) is 1. The molecule has 2 atom stereocenters. The number of rotatable bonds is 6. The average molecular weight is 574 g/mol. The Morgan fingerprint density at radius 1 is 1.15 bits per heavy atom. The van der Waals surface area contributed by atoms with Crippen molar-refractivity contribution < 1.29 is 14.6 Å². The highest BCUT2D eigenvalue weighted by Crippen LogP contribution is 2.26. The molecule has 9 heteroatoms. The minimum absolute atomic E-state index is 0. The van der Waals surface area contributed by atoms with Crippen LogP contribution >= 0.6 is 24.0 Å². The molecule has 186 valence electrons. The van der Waals surface area contributed by atoms with E-state index in [0.717, 1.165) is 57.3 Å². The molecule has 2 aliphatic heterocycles. The molecule has 0 aliphatic carbocycles. The topological polar surface area (TPSA) is 80.6 Å². The number of phenols is 1. The van der Waals surface area contributed by atoms with E-state index < -0.39 is 0 Å². The summed E-state index contributed by atoms with van der Waals surface area (Å²) in [5.41, 5.74) is 0.924. The summed E-state index contributed by atoms with van der Waals surface area (Å²) >= 11 is 0. The largest absolute Gasteiger partial charge is 0.504 e.